The van der Waals surface area contributed by atoms with Crippen molar-refractivity contribution in [3.8, 4) is 0 Å². The molecule has 3 nitrogen and oxygen atoms in total. The Labute approximate surface area is 59.3 Å². The average molecular weight is 138 g/mol. The van der Waals surface area contributed by atoms with Crippen molar-refractivity contribution >= 4 is 0 Å². The zero-order valence-electron chi connectivity index (χ0n) is 5.70. The van der Waals surface area contributed by atoms with E-state index in [0.29, 0.717) is 0 Å². The second-order valence-electron chi connectivity index (χ2n) is 2.64. The number of fused-ring (bicyclic) bond motifs is 1. The molecule has 0 amide bonds. The molecule has 1 aromatic heterocycles. The van der Waals surface area contributed by atoms with Gasteiger partial charge in [0, 0.05) is 11.9 Å². The maximum absolute atomic E-state index is 8.87. The Hall–Kier alpha value is -0.830. The summed E-state index contributed by atoms with van der Waals surface area (Å²) < 4.78 is 1.92. The highest BCUT2D eigenvalue weighted by atomic mass is 16.3. The van der Waals surface area contributed by atoms with E-state index < -0.39 is 0 Å². The normalized spacial score (nSPS) is 23.1. The second kappa shape index (κ2) is 2.09. The molecule has 3 heteroatoms. The molecule has 1 atom stereocenters. The van der Waals surface area contributed by atoms with Crippen molar-refractivity contribution in [1.29, 1.82) is 0 Å². The number of aromatic nitrogens is 2. The molecule has 1 aliphatic heterocycles. The molecular weight excluding hydrogens is 128 g/mol. The molecule has 0 radical (unpaired) electrons. The maximum atomic E-state index is 8.87. The Kier molecular flexibility index (Phi) is 1.24. The molecule has 0 aliphatic carbocycles. The van der Waals surface area contributed by atoms with Gasteiger partial charge < -0.3 is 5.11 Å². The molecule has 0 aromatic carbocycles. The Morgan fingerprint density at radius 1 is 1.80 bits per heavy atom. The summed E-state index contributed by atoms with van der Waals surface area (Å²) in [6, 6.07) is 2.25. The largest absolute Gasteiger partial charge is 0.394 e. The van der Waals surface area contributed by atoms with Crippen LogP contribution in [-0.4, -0.2) is 21.5 Å². The highest BCUT2D eigenvalue weighted by Gasteiger charge is 2.20. The van der Waals surface area contributed by atoms with Crippen molar-refractivity contribution in [3.05, 3.63) is 18.0 Å². The van der Waals surface area contributed by atoms with Gasteiger partial charge in [-0.1, -0.05) is 0 Å². The minimum absolute atomic E-state index is 0.217. The van der Waals surface area contributed by atoms with Gasteiger partial charge in [0.1, 0.15) is 0 Å². The number of nitrogens with zero attached hydrogens (tertiary/aromatic N) is 2. The van der Waals surface area contributed by atoms with Crippen molar-refractivity contribution in [3.63, 3.8) is 0 Å². The lowest BCUT2D eigenvalue weighted by Gasteiger charge is -2.05. The van der Waals surface area contributed by atoms with Crippen molar-refractivity contribution in [2.45, 2.75) is 18.9 Å². The molecule has 1 aliphatic rings. The van der Waals surface area contributed by atoms with Crippen LogP contribution >= 0.6 is 0 Å². The van der Waals surface area contributed by atoms with Crippen LogP contribution < -0.4 is 0 Å². The number of rotatable bonds is 1. The SMILES string of the molecule is OCC1CCc2ccnn21. The topological polar surface area (TPSA) is 38.1 Å². The molecule has 10 heavy (non-hydrogen) atoms. The first kappa shape index (κ1) is 5.92. The monoisotopic (exact) mass is 138 g/mol. The first-order valence-electron chi connectivity index (χ1n) is 3.55. The van der Waals surface area contributed by atoms with Crippen LogP contribution in [0.25, 0.3) is 0 Å². The molecule has 2 heterocycles. The number of aliphatic hydroxyl groups excluding tert-OH is 1. The zero-order valence-corrected chi connectivity index (χ0v) is 5.70. The van der Waals surface area contributed by atoms with Crippen molar-refractivity contribution < 1.29 is 5.11 Å². The second-order valence-corrected chi connectivity index (χ2v) is 2.64. The number of hydrogen-bond donors (Lipinski definition) is 1. The summed E-state index contributed by atoms with van der Waals surface area (Å²) in [6.07, 6.45) is 3.89. The van der Waals surface area contributed by atoms with Crippen LogP contribution in [-0.2, 0) is 6.42 Å². The third-order valence-corrected chi connectivity index (χ3v) is 2.04. The van der Waals surface area contributed by atoms with Gasteiger partial charge in [0.15, 0.2) is 0 Å². The van der Waals surface area contributed by atoms with Crippen LogP contribution in [0.2, 0.25) is 0 Å². The summed E-state index contributed by atoms with van der Waals surface area (Å²) in [5, 5.41) is 13.0. The van der Waals surface area contributed by atoms with E-state index in [1.165, 1.54) is 5.69 Å². The van der Waals surface area contributed by atoms with Crippen molar-refractivity contribution in [2.75, 3.05) is 6.61 Å². The molecular formula is C7H10N2O. The zero-order chi connectivity index (χ0) is 6.97. The predicted octanol–water partition coefficient (Wildman–Crippen LogP) is 0.363. The summed E-state index contributed by atoms with van der Waals surface area (Å²) in [6.45, 7) is 0.217. The highest BCUT2D eigenvalue weighted by Crippen LogP contribution is 2.23. The van der Waals surface area contributed by atoms with Crippen molar-refractivity contribution in [1.82, 2.24) is 9.78 Å². The van der Waals surface area contributed by atoms with Crippen LogP contribution in [0.5, 0.6) is 0 Å². The van der Waals surface area contributed by atoms with Crippen LogP contribution in [0.15, 0.2) is 12.3 Å². The van der Waals surface area contributed by atoms with E-state index in [1.807, 2.05) is 10.7 Å². The summed E-state index contributed by atoms with van der Waals surface area (Å²) in [4.78, 5) is 0. The fraction of sp³-hybridized carbons (Fsp3) is 0.571. The first-order chi connectivity index (χ1) is 4.92. The Morgan fingerprint density at radius 3 is 3.50 bits per heavy atom. The Morgan fingerprint density at radius 2 is 2.70 bits per heavy atom. The Bertz CT molecular complexity index is 231. The highest BCUT2D eigenvalue weighted by molar-refractivity contribution is 5.06. The van der Waals surface area contributed by atoms with E-state index in [-0.39, 0.29) is 12.6 Å². The molecule has 1 N–H and O–H groups in total. The standard InChI is InChI=1S/C7H10N2O/c10-5-7-2-1-6-3-4-8-9(6)7/h3-4,7,10H,1-2,5H2. The molecule has 54 valence electrons. The van der Waals surface area contributed by atoms with E-state index in [4.69, 9.17) is 5.11 Å². The van der Waals surface area contributed by atoms with Gasteiger partial charge >= 0.3 is 0 Å². The summed E-state index contributed by atoms with van der Waals surface area (Å²) in [5.41, 5.74) is 1.25. The van der Waals surface area contributed by atoms with Gasteiger partial charge in [0.05, 0.1) is 12.6 Å². The molecule has 1 aromatic rings. The lowest BCUT2D eigenvalue weighted by atomic mass is 10.2. The van der Waals surface area contributed by atoms with Gasteiger partial charge in [-0.2, -0.15) is 5.10 Å². The van der Waals surface area contributed by atoms with E-state index in [2.05, 4.69) is 5.10 Å². The first-order valence-corrected chi connectivity index (χ1v) is 3.55. The summed E-state index contributed by atoms with van der Waals surface area (Å²) in [5.74, 6) is 0. The molecule has 0 bridgehead atoms. The smallest absolute Gasteiger partial charge is 0.0756 e. The van der Waals surface area contributed by atoms with Crippen LogP contribution in [0.1, 0.15) is 18.2 Å². The van der Waals surface area contributed by atoms with Gasteiger partial charge in [0.25, 0.3) is 0 Å². The quantitative estimate of drug-likeness (QED) is 0.608. The third kappa shape index (κ3) is 0.671. The molecule has 0 fully saturated rings. The molecule has 0 saturated carbocycles. The molecule has 0 saturated heterocycles. The van der Waals surface area contributed by atoms with Gasteiger partial charge in [-0.05, 0) is 18.9 Å². The van der Waals surface area contributed by atoms with Gasteiger partial charge in [-0.15, -0.1) is 0 Å². The number of aryl methyl sites for hydroxylation is 1. The van der Waals surface area contributed by atoms with Crippen LogP contribution in [0, 0.1) is 0 Å². The van der Waals surface area contributed by atoms with Gasteiger partial charge in [-0.3, -0.25) is 4.68 Å². The minimum Gasteiger partial charge on any atom is -0.394 e. The summed E-state index contributed by atoms with van der Waals surface area (Å²) >= 11 is 0. The maximum Gasteiger partial charge on any atom is 0.0756 e. The van der Waals surface area contributed by atoms with Crippen molar-refractivity contribution in [2.24, 2.45) is 0 Å². The third-order valence-electron chi connectivity index (χ3n) is 2.04. The molecule has 2 rings (SSSR count). The molecule has 0 spiro atoms. The predicted molar refractivity (Wildman–Crippen MR) is 36.7 cm³/mol. The fourth-order valence-corrected chi connectivity index (χ4v) is 1.47. The lowest BCUT2D eigenvalue weighted by molar-refractivity contribution is 0.224. The number of hydrogen-bond acceptors (Lipinski definition) is 2. The van der Waals surface area contributed by atoms with E-state index in [9.17, 15) is 0 Å². The average Bonchev–Trinajstić information content (AvgIpc) is 2.44. The molecule has 1 unspecified atom stereocenters. The Balaban J connectivity index is 2.34. The fourth-order valence-electron chi connectivity index (χ4n) is 1.47. The lowest BCUT2D eigenvalue weighted by Crippen LogP contribution is -2.09. The number of aliphatic hydroxyl groups is 1. The van der Waals surface area contributed by atoms with E-state index >= 15 is 0 Å². The van der Waals surface area contributed by atoms with E-state index in [0.717, 1.165) is 12.8 Å². The minimum atomic E-state index is 0.217. The summed E-state index contributed by atoms with van der Waals surface area (Å²) in [7, 11) is 0. The van der Waals surface area contributed by atoms with Crippen LogP contribution in [0.3, 0.4) is 0 Å². The van der Waals surface area contributed by atoms with Crippen LogP contribution in [0.4, 0.5) is 0 Å². The van der Waals surface area contributed by atoms with Gasteiger partial charge in [0.2, 0.25) is 0 Å². The van der Waals surface area contributed by atoms with Gasteiger partial charge in [-0.25, -0.2) is 0 Å². The van der Waals surface area contributed by atoms with E-state index in [1.54, 1.807) is 6.20 Å².